The summed E-state index contributed by atoms with van der Waals surface area (Å²) in [4.78, 5) is 19.9. The first-order valence-corrected chi connectivity index (χ1v) is 14.7. The Bertz CT molecular complexity index is 1470. The molecule has 230 valence electrons. The molecule has 1 N–H and O–H groups in total. The minimum absolute atomic E-state index is 0.222. The number of pyridine rings is 1. The minimum Gasteiger partial charge on any atom is -0.493 e. The summed E-state index contributed by atoms with van der Waals surface area (Å²) in [6.45, 7) is 10.7. The molecule has 1 fully saturated rings. The molecule has 0 radical (unpaired) electrons. The van der Waals surface area contributed by atoms with Gasteiger partial charge in [0, 0.05) is 42.6 Å². The van der Waals surface area contributed by atoms with Gasteiger partial charge in [0.25, 0.3) is 5.91 Å². The second kappa shape index (κ2) is 14.5. The molecule has 1 amide bonds. The van der Waals surface area contributed by atoms with E-state index in [2.05, 4.69) is 39.5 Å². The summed E-state index contributed by atoms with van der Waals surface area (Å²) in [6.07, 6.45) is 6.50. The summed E-state index contributed by atoms with van der Waals surface area (Å²) in [5.74, 6) is 0.349. The van der Waals surface area contributed by atoms with Crippen LogP contribution in [0.25, 0.3) is 5.65 Å². The van der Waals surface area contributed by atoms with Gasteiger partial charge < -0.3 is 19.7 Å². The van der Waals surface area contributed by atoms with E-state index in [1.807, 2.05) is 19.1 Å². The van der Waals surface area contributed by atoms with Gasteiger partial charge in [0.05, 0.1) is 12.3 Å². The number of piperidine rings is 1. The fourth-order valence-corrected chi connectivity index (χ4v) is 5.07. The van der Waals surface area contributed by atoms with Crippen LogP contribution in [0.5, 0.6) is 11.5 Å². The van der Waals surface area contributed by atoms with Crippen LogP contribution in [0.4, 0.5) is 13.2 Å². The van der Waals surface area contributed by atoms with Crippen LogP contribution >= 0.6 is 11.6 Å². The minimum atomic E-state index is -4.72. The number of carbonyl (C=O) groups excluding carboxylic acids is 1. The van der Waals surface area contributed by atoms with Crippen LogP contribution in [-0.2, 0) is 6.42 Å². The maximum atomic E-state index is 13.1. The average molecular weight is 617 g/mol. The lowest BCUT2D eigenvalue weighted by molar-refractivity contribution is -0.274. The molecule has 43 heavy (non-hydrogen) atoms. The predicted molar refractivity (Wildman–Crippen MR) is 161 cm³/mol. The van der Waals surface area contributed by atoms with Crippen LogP contribution in [0.15, 0.2) is 78.7 Å². The molecule has 11 heteroatoms. The number of carbonyl (C=O) groups is 1. The molecule has 1 aromatic carbocycles. The van der Waals surface area contributed by atoms with Gasteiger partial charge in [0.2, 0.25) is 0 Å². The molecule has 0 atom stereocenters. The number of aromatic nitrogens is 2. The number of benzene rings is 1. The average Bonchev–Trinajstić information content (AvgIpc) is 3.35. The number of hydrogen-bond donors (Lipinski definition) is 1. The van der Waals surface area contributed by atoms with Crippen molar-refractivity contribution in [3.8, 4) is 11.5 Å². The smallest absolute Gasteiger partial charge is 0.493 e. The van der Waals surface area contributed by atoms with Gasteiger partial charge >= 0.3 is 6.36 Å². The molecule has 3 heterocycles. The summed E-state index contributed by atoms with van der Waals surface area (Å²) in [5.41, 5.74) is 3.70. The molecule has 0 aliphatic carbocycles. The van der Waals surface area contributed by atoms with Gasteiger partial charge in [-0.15, -0.1) is 13.2 Å². The highest BCUT2D eigenvalue weighted by Crippen LogP contribution is 2.27. The number of nitrogens with zero attached hydrogens (tertiary/aromatic N) is 3. The number of amides is 1. The number of fused-ring (bicyclic) bond motifs is 1. The Morgan fingerprint density at radius 2 is 1.84 bits per heavy atom. The van der Waals surface area contributed by atoms with Crippen molar-refractivity contribution in [3.63, 3.8) is 0 Å². The third-order valence-electron chi connectivity index (χ3n) is 7.11. The Balaban J connectivity index is 1.25. The second-order valence-corrected chi connectivity index (χ2v) is 10.7. The van der Waals surface area contributed by atoms with Crippen LogP contribution in [0.2, 0.25) is 5.02 Å². The van der Waals surface area contributed by atoms with Crippen LogP contribution < -0.4 is 14.8 Å². The number of halogens is 4. The fraction of sp³-hybridized carbons (Fsp3) is 0.375. The van der Waals surface area contributed by atoms with Crippen LogP contribution in [0, 0.1) is 5.92 Å². The third-order valence-corrected chi connectivity index (χ3v) is 7.35. The number of ether oxygens (including phenoxy) is 2. The zero-order chi connectivity index (χ0) is 31.0. The highest BCUT2D eigenvalue weighted by atomic mass is 35.5. The number of alkyl halides is 3. The van der Waals surface area contributed by atoms with Crippen LogP contribution in [-0.4, -0.2) is 52.8 Å². The van der Waals surface area contributed by atoms with E-state index in [1.165, 1.54) is 24.3 Å². The lowest BCUT2D eigenvalue weighted by atomic mass is 9.97. The van der Waals surface area contributed by atoms with E-state index < -0.39 is 6.36 Å². The van der Waals surface area contributed by atoms with Crippen molar-refractivity contribution in [1.82, 2.24) is 19.6 Å². The zero-order valence-electron chi connectivity index (χ0n) is 24.3. The molecular formula is C32H36ClF3N4O3. The van der Waals surface area contributed by atoms with Crippen molar-refractivity contribution in [2.24, 2.45) is 5.92 Å². The Labute approximate surface area is 254 Å². The first-order valence-electron chi connectivity index (χ1n) is 14.3. The highest BCUT2D eigenvalue weighted by Gasteiger charge is 2.31. The van der Waals surface area contributed by atoms with Crippen LogP contribution in [0.3, 0.4) is 0 Å². The van der Waals surface area contributed by atoms with E-state index in [0.29, 0.717) is 53.3 Å². The number of nitrogens with one attached hydrogen (secondary N) is 1. The SMILES string of the molecule is C=C(C=CC(=CCC)N1CCC(COc2ccc(OC(F)(F)F)cc2)CC1)CNC(=O)c1c(CC)nc2cc(Cl)ccn12. The Morgan fingerprint density at radius 1 is 1.14 bits per heavy atom. The van der Waals surface area contributed by atoms with Crippen LogP contribution in [0.1, 0.15) is 49.3 Å². The highest BCUT2D eigenvalue weighted by molar-refractivity contribution is 6.30. The molecular weight excluding hydrogens is 581 g/mol. The van der Waals surface area contributed by atoms with Gasteiger partial charge in [-0.25, -0.2) is 4.98 Å². The van der Waals surface area contributed by atoms with Crippen molar-refractivity contribution < 1.29 is 27.4 Å². The summed E-state index contributed by atoms with van der Waals surface area (Å²) < 4.78 is 48.5. The first-order chi connectivity index (χ1) is 20.6. The molecule has 0 unspecified atom stereocenters. The summed E-state index contributed by atoms with van der Waals surface area (Å²) >= 11 is 6.09. The van der Waals surface area contributed by atoms with E-state index >= 15 is 0 Å². The molecule has 0 spiro atoms. The molecule has 4 rings (SSSR count). The van der Waals surface area contributed by atoms with Gasteiger partial charge in [-0.3, -0.25) is 9.20 Å². The monoisotopic (exact) mass is 616 g/mol. The topological polar surface area (TPSA) is 68.1 Å². The maximum absolute atomic E-state index is 13.1. The molecule has 1 aliphatic rings. The van der Waals surface area contributed by atoms with Gasteiger partial charge in [0.1, 0.15) is 22.8 Å². The number of allylic oxidation sites excluding steroid dienone is 2. The Morgan fingerprint density at radius 3 is 2.49 bits per heavy atom. The van der Waals surface area contributed by atoms with Crippen molar-refractivity contribution in [2.75, 3.05) is 26.2 Å². The van der Waals surface area contributed by atoms with Gasteiger partial charge in [0.15, 0.2) is 0 Å². The molecule has 2 aromatic heterocycles. The van der Waals surface area contributed by atoms with Crippen molar-refractivity contribution >= 4 is 23.2 Å². The van der Waals surface area contributed by atoms with Crippen molar-refractivity contribution in [1.29, 1.82) is 0 Å². The normalized spacial score (nSPS) is 14.8. The molecule has 0 saturated carbocycles. The molecule has 1 aliphatic heterocycles. The number of hydrogen-bond acceptors (Lipinski definition) is 5. The lowest BCUT2D eigenvalue weighted by Crippen LogP contribution is -2.34. The molecule has 3 aromatic rings. The first kappa shape index (κ1) is 32.0. The van der Waals surface area contributed by atoms with E-state index in [1.54, 1.807) is 22.7 Å². The summed E-state index contributed by atoms with van der Waals surface area (Å²) in [7, 11) is 0. The zero-order valence-corrected chi connectivity index (χ0v) is 25.0. The quantitative estimate of drug-likeness (QED) is 0.215. The van der Waals surface area contributed by atoms with Crippen molar-refractivity contribution in [2.45, 2.75) is 45.9 Å². The third kappa shape index (κ3) is 9.03. The lowest BCUT2D eigenvalue weighted by Gasteiger charge is -2.34. The Kier molecular flexibility index (Phi) is 10.8. The number of likely N-dealkylation sites (tertiary alicyclic amines) is 1. The molecule has 1 saturated heterocycles. The number of aryl methyl sites for hydroxylation is 1. The van der Waals surface area contributed by atoms with Gasteiger partial charge in [-0.2, -0.15) is 0 Å². The van der Waals surface area contributed by atoms with E-state index in [9.17, 15) is 18.0 Å². The number of rotatable bonds is 12. The fourth-order valence-electron chi connectivity index (χ4n) is 4.92. The van der Waals surface area contributed by atoms with Crippen molar-refractivity contribution in [3.05, 3.63) is 95.1 Å². The second-order valence-electron chi connectivity index (χ2n) is 10.3. The standard InChI is InChI=1S/C32H36ClF3N4O3/c1-4-6-25(39-16-13-23(14-17-39)21-42-26-9-11-27(12-10-26)43-32(34,35)36)8-7-22(3)20-37-31(41)30-28(5-2)38-29-19-24(33)15-18-40(29)30/h6-12,15,18-19,23H,3-5,13-14,16-17,20-21H2,1-2H3,(H,37,41). The molecule has 7 nitrogen and oxygen atoms in total. The van der Waals surface area contributed by atoms with Gasteiger partial charge in [-0.1, -0.05) is 44.2 Å². The maximum Gasteiger partial charge on any atom is 0.573 e. The Hall–Kier alpha value is -3.92. The van der Waals surface area contributed by atoms with E-state index in [4.69, 9.17) is 16.3 Å². The van der Waals surface area contributed by atoms with Gasteiger partial charge in [-0.05, 0) is 73.6 Å². The summed E-state index contributed by atoms with van der Waals surface area (Å²) in [6, 6.07) is 8.92. The summed E-state index contributed by atoms with van der Waals surface area (Å²) in [5, 5.41) is 3.52. The predicted octanol–water partition coefficient (Wildman–Crippen LogP) is 7.38. The number of imidazole rings is 1. The van der Waals surface area contributed by atoms with E-state index in [0.717, 1.165) is 43.6 Å². The molecule has 0 bridgehead atoms. The van der Waals surface area contributed by atoms with E-state index in [-0.39, 0.29) is 11.7 Å². The largest absolute Gasteiger partial charge is 0.573 e.